The number of guanidine groups is 1. The van der Waals surface area contributed by atoms with E-state index in [1.165, 1.54) is 0 Å². The van der Waals surface area contributed by atoms with Gasteiger partial charge in [-0.3, -0.25) is 20.0 Å². The van der Waals surface area contributed by atoms with Gasteiger partial charge in [-0.05, 0) is 36.8 Å². The number of nitrogens with zero attached hydrogens (tertiary/aromatic N) is 2. The fourth-order valence-corrected chi connectivity index (χ4v) is 3.14. The molecule has 0 saturated carbocycles. The Kier molecular flexibility index (Phi) is 7.42. The first-order valence-corrected chi connectivity index (χ1v) is 9.74. The van der Waals surface area contributed by atoms with Crippen molar-refractivity contribution >= 4 is 29.2 Å². The second-order valence-electron chi connectivity index (χ2n) is 6.61. The second-order valence-corrected chi connectivity index (χ2v) is 7.02. The Labute approximate surface area is 170 Å². The molecule has 0 bridgehead atoms. The van der Waals surface area contributed by atoms with Gasteiger partial charge in [-0.15, -0.1) is 0 Å². The van der Waals surface area contributed by atoms with Crippen LogP contribution < -0.4 is 10.6 Å². The first kappa shape index (κ1) is 20.3. The maximum atomic E-state index is 12.6. The van der Waals surface area contributed by atoms with Crippen molar-refractivity contribution in [3.63, 3.8) is 0 Å². The van der Waals surface area contributed by atoms with Crippen molar-refractivity contribution in [3.8, 4) is 0 Å². The van der Waals surface area contributed by atoms with E-state index < -0.39 is 0 Å². The van der Waals surface area contributed by atoms with Crippen molar-refractivity contribution < 1.29 is 9.53 Å². The van der Waals surface area contributed by atoms with Gasteiger partial charge in [-0.25, -0.2) is 0 Å². The summed E-state index contributed by atoms with van der Waals surface area (Å²) in [5.41, 5.74) is 2.33. The molecule has 148 valence electrons. The van der Waals surface area contributed by atoms with E-state index in [9.17, 15) is 4.79 Å². The van der Waals surface area contributed by atoms with E-state index in [4.69, 9.17) is 16.3 Å². The van der Waals surface area contributed by atoms with Gasteiger partial charge < -0.3 is 10.1 Å². The second kappa shape index (κ2) is 10.2. The van der Waals surface area contributed by atoms with E-state index in [0.29, 0.717) is 28.8 Å². The number of hydrogen-bond acceptors (Lipinski definition) is 4. The zero-order chi connectivity index (χ0) is 19.8. The van der Waals surface area contributed by atoms with E-state index in [1.807, 2.05) is 43.3 Å². The van der Waals surface area contributed by atoms with Gasteiger partial charge >= 0.3 is 0 Å². The summed E-state index contributed by atoms with van der Waals surface area (Å²) in [6.45, 7) is 6.64. The lowest BCUT2D eigenvalue weighted by Crippen LogP contribution is -2.39. The van der Waals surface area contributed by atoms with E-state index in [1.54, 1.807) is 12.1 Å². The van der Waals surface area contributed by atoms with Crippen LogP contribution in [0.25, 0.3) is 0 Å². The van der Waals surface area contributed by atoms with Gasteiger partial charge in [0.25, 0.3) is 5.91 Å². The summed E-state index contributed by atoms with van der Waals surface area (Å²) in [4.78, 5) is 19.4. The molecule has 1 amide bonds. The Morgan fingerprint density at radius 1 is 1.18 bits per heavy atom. The van der Waals surface area contributed by atoms with Crippen LogP contribution in [0, 0.1) is 6.92 Å². The molecule has 0 aromatic heterocycles. The highest BCUT2D eigenvalue weighted by Crippen LogP contribution is 2.22. The fraction of sp³-hybridized carbons (Fsp3) is 0.333. The van der Waals surface area contributed by atoms with Gasteiger partial charge in [0.05, 0.1) is 30.5 Å². The lowest BCUT2D eigenvalue weighted by molar-refractivity contribution is 0.0394. The number of halogens is 1. The molecule has 0 spiro atoms. The van der Waals surface area contributed by atoms with Crippen LogP contribution in [0.1, 0.15) is 15.9 Å². The number of carbonyl (C=O) groups excluding carboxylic acids is 1. The third-order valence-electron chi connectivity index (χ3n) is 4.44. The lowest BCUT2D eigenvalue weighted by atomic mass is 10.2. The average Bonchev–Trinajstić information content (AvgIpc) is 2.71. The molecular formula is C21H25ClN4O2. The summed E-state index contributed by atoms with van der Waals surface area (Å²) in [7, 11) is 0. The molecule has 1 aliphatic rings. The van der Waals surface area contributed by atoms with Crippen molar-refractivity contribution in [3.05, 3.63) is 64.7 Å². The third-order valence-corrected chi connectivity index (χ3v) is 4.75. The molecule has 0 unspecified atom stereocenters. The van der Waals surface area contributed by atoms with Crippen LogP contribution in [0.4, 0.5) is 5.69 Å². The number of rotatable bonds is 5. The summed E-state index contributed by atoms with van der Waals surface area (Å²) in [5.74, 6) is 0.161. The number of anilines is 1. The topological polar surface area (TPSA) is 66.0 Å². The van der Waals surface area contributed by atoms with Crippen LogP contribution in [0.5, 0.6) is 0 Å². The summed E-state index contributed by atoms with van der Waals surface area (Å²) in [5, 5.41) is 6.59. The molecule has 1 aliphatic heterocycles. The van der Waals surface area contributed by atoms with Crippen LogP contribution in [-0.2, 0) is 4.74 Å². The molecule has 7 heteroatoms. The average molecular weight is 401 g/mol. The minimum absolute atomic E-state index is 0.221. The van der Waals surface area contributed by atoms with E-state index in [0.717, 1.165) is 38.4 Å². The molecule has 2 aromatic rings. The number of carbonyl (C=O) groups is 1. The molecule has 1 heterocycles. The standard InChI is InChI=1S/C21H25ClN4O2/c1-16-7-8-19(18(22)15-16)24-21(23-9-10-26-11-13-28-14-12-26)25-20(27)17-5-3-2-4-6-17/h2-8,15H,9-14H2,1H3,(H2,23,24,25,27). The van der Waals surface area contributed by atoms with E-state index >= 15 is 0 Å². The zero-order valence-electron chi connectivity index (χ0n) is 16.0. The van der Waals surface area contributed by atoms with Crippen molar-refractivity contribution in [2.24, 2.45) is 4.99 Å². The number of morpholine rings is 1. The molecule has 0 atom stereocenters. The van der Waals surface area contributed by atoms with Crippen LogP contribution in [0.15, 0.2) is 53.5 Å². The van der Waals surface area contributed by atoms with E-state index in [2.05, 4.69) is 20.5 Å². The Bertz CT molecular complexity index is 820. The number of aliphatic imine (C=N–C) groups is 1. The molecule has 6 nitrogen and oxygen atoms in total. The van der Waals surface area contributed by atoms with Gasteiger partial charge in [0.2, 0.25) is 5.96 Å². The quantitative estimate of drug-likeness (QED) is 0.597. The normalized spacial score (nSPS) is 15.3. The number of aryl methyl sites for hydroxylation is 1. The maximum absolute atomic E-state index is 12.6. The summed E-state index contributed by atoms with van der Waals surface area (Å²) in [6.07, 6.45) is 0. The minimum atomic E-state index is -0.221. The van der Waals surface area contributed by atoms with Crippen molar-refractivity contribution in [1.82, 2.24) is 10.2 Å². The highest BCUT2D eigenvalue weighted by Gasteiger charge is 2.12. The lowest BCUT2D eigenvalue weighted by Gasteiger charge is -2.25. The third kappa shape index (κ3) is 6.05. The highest BCUT2D eigenvalue weighted by atomic mass is 35.5. The van der Waals surface area contributed by atoms with Crippen LogP contribution in [-0.4, -0.2) is 56.2 Å². The number of amides is 1. The molecule has 28 heavy (non-hydrogen) atoms. The molecule has 1 fully saturated rings. The summed E-state index contributed by atoms with van der Waals surface area (Å²) < 4.78 is 5.37. The number of nitrogens with one attached hydrogen (secondary N) is 2. The van der Waals surface area contributed by atoms with Crippen molar-refractivity contribution in [2.45, 2.75) is 6.92 Å². The number of ether oxygens (including phenoxy) is 1. The van der Waals surface area contributed by atoms with Crippen LogP contribution >= 0.6 is 11.6 Å². The molecule has 0 radical (unpaired) electrons. The number of benzene rings is 2. The first-order valence-electron chi connectivity index (χ1n) is 9.36. The van der Waals surface area contributed by atoms with E-state index in [-0.39, 0.29) is 5.91 Å². The molecule has 1 saturated heterocycles. The Morgan fingerprint density at radius 2 is 1.93 bits per heavy atom. The monoisotopic (exact) mass is 400 g/mol. The molecule has 3 rings (SSSR count). The smallest absolute Gasteiger partial charge is 0.257 e. The Balaban J connectivity index is 1.70. The zero-order valence-corrected chi connectivity index (χ0v) is 16.7. The van der Waals surface area contributed by atoms with Crippen LogP contribution in [0.2, 0.25) is 5.02 Å². The Morgan fingerprint density at radius 3 is 2.64 bits per heavy atom. The first-order chi connectivity index (χ1) is 13.6. The summed E-state index contributed by atoms with van der Waals surface area (Å²) >= 11 is 6.33. The molecule has 2 N–H and O–H groups in total. The SMILES string of the molecule is Cc1ccc(NC(=NCCN2CCOCC2)NC(=O)c2ccccc2)c(Cl)c1. The van der Waals surface area contributed by atoms with Gasteiger partial charge in [0.15, 0.2) is 0 Å². The molecular weight excluding hydrogens is 376 g/mol. The predicted molar refractivity (Wildman–Crippen MR) is 113 cm³/mol. The van der Waals surface area contributed by atoms with Gasteiger partial charge in [0, 0.05) is 25.2 Å². The Hall–Kier alpha value is -2.41. The fourth-order valence-electron chi connectivity index (χ4n) is 2.86. The molecule has 2 aromatic carbocycles. The number of hydrogen-bond donors (Lipinski definition) is 2. The molecule has 0 aliphatic carbocycles. The predicted octanol–water partition coefficient (Wildman–Crippen LogP) is 3.18. The van der Waals surface area contributed by atoms with Crippen molar-refractivity contribution in [1.29, 1.82) is 0 Å². The summed E-state index contributed by atoms with van der Waals surface area (Å²) in [6, 6.07) is 14.8. The van der Waals surface area contributed by atoms with Gasteiger partial charge in [-0.2, -0.15) is 0 Å². The largest absolute Gasteiger partial charge is 0.379 e. The van der Waals surface area contributed by atoms with Crippen LogP contribution in [0.3, 0.4) is 0 Å². The maximum Gasteiger partial charge on any atom is 0.257 e. The highest BCUT2D eigenvalue weighted by molar-refractivity contribution is 6.34. The van der Waals surface area contributed by atoms with Gasteiger partial charge in [-0.1, -0.05) is 35.9 Å². The van der Waals surface area contributed by atoms with Crippen molar-refractivity contribution in [2.75, 3.05) is 44.7 Å². The minimum Gasteiger partial charge on any atom is -0.379 e. The van der Waals surface area contributed by atoms with Gasteiger partial charge in [0.1, 0.15) is 0 Å².